The average Bonchev–Trinajstić information content (AvgIpc) is 3.17. The number of ether oxygens (including phenoxy) is 3. The van der Waals surface area contributed by atoms with Gasteiger partial charge in [-0.1, -0.05) is 18.2 Å². The molecule has 0 unspecified atom stereocenters. The zero-order valence-electron chi connectivity index (χ0n) is 15.6. The summed E-state index contributed by atoms with van der Waals surface area (Å²) in [4.78, 5) is 12.9. The van der Waals surface area contributed by atoms with E-state index in [0.717, 1.165) is 10.9 Å². The summed E-state index contributed by atoms with van der Waals surface area (Å²) in [5, 5.41) is 8.51. The first-order valence-electron chi connectivity index (χ1n) is 8.42. The van der Waals surface area contributed by atoms with Crippen molar-refractivity contribution in [2.75, 3.05) is 26.6 Å². The summed E-state index contributed by atoms with van der Waals surface area (Å²) >= 11 is 0. The standard InChI is InChI=1S/C19H18N6O3/c1-26-15-8-13(9-16(27-2)17(15)28-3)23-18-20-11-21-19(24-18)25-14-7-5-4-6-12(14)10-22-25/h4-11H,1-3H3,(H,20,21,23,24). The molecule has 0 saturated heterocycles. The number of nitrogens with one attached hydrogen (secondary N) is 1. The molecule has 0 amide bonds. The molecule has 9 heteroatoms. The lowest BCUT2D eigenvalue weighted by Crippen LogP contribution is -2.06. The Bertz CT molecular complexity index is 1100. The van der Waals surface area contributed by atoms with Gasteiger partial charge in [-0.2, -0.15) is 19.7 Å². The van der Waals surface area contributed by atoms with Crippen LogP contribution in [0.3, 0.4) is 0 Å². The van der Waals surface area contributed by atoms with Gasteiger partial charge in [0.15, 0.2) is 11.5 Å². The van der Waals surface area contributed by atoms with E-state index in [1.807, 2.05) is 24.3 Å². The molecule has 4 rings (SSSR count). The SMILES string of the molecule is COc1cc(Nc2ncnc(-n3ncc4ccccc43)n2)cc(OC)c1OC. The minimum absolute atomic E-state index is 0.360. The Balaban J connectivity index is 1.69. The molecule has 0 saturated carbocycles. The van der Waals surface area contributed by atoms with E-state index in [-0.39, 0.29) is 0 Å². The van der Waals surface area contributed by atoms with Crippen LogP contribution in [0.5, 0.6) is 17.2 Å². The highest BCUT2D eigenvalue weighted by atomic mass is 16.5. The van der Waals surface area contributed by atoms with E-state index in [2.05, 4.69) is 25.4 Å². The Morgan fingerprint density at radius 3 is 2.39 bits per heavy atom. The third-order valence-electron chi connectivity index (χ3n) is 4.15. The number of nitrogens with zero attached hydrogens (tertiary/aromatic N) is 5. The van der Waals surface area contributed by atoms with E-state index in [1.54, 1.807) is 44.3 Å². The first-order valence-corrected chi connectivity index (χ1v) is 8.42. The van der Waals surface area contributed by atoms with Crippen LogP contribution >= 0.6 is 0 Å². The lowest BCUT2D eigenvalue weighted by atomic mass is 10.2. The molecule has 0 aliphatic carbocycles. The highest BCUT2D eigenvalue weighted by molar-refractivity contribution is 5.79. The third kappa shape index (κ3) is 3.13. The summed E-state index contributed by atoms with van der Waals surface area (Å²) in [7, 11) is 4.68. The highest BCUT2D eigenvalue weighted by Gasteiger charge is 2.14. The number of aromatic nitrogens is 5. The molecule has 0 bridgehead atoms. The van der Waals surface area contributed by atoms with Crippen molar-refractivity contribution in [1.29, 1.82) is 0 Å². The number of hydrogen-bond acceptors (Lipinski definition) is 8. The molecule has 0 spiro atoms. The Labute approximate surface area is 160 Å². The number of rotatable bonds is 6. The smallest absolute Gasteiger partial charge is 0.255 e. The van der Waals surface area contributed by atoms with E-state index >= 15 is 0 Å². The number of anilines is 2. The first kappa shape index (κ1) is 17.5. The van der Waals surface area contributed by atoms with E-state index < -0.39 is 0 Å². The first-order chi connectivity index (χ1) is 13.7. The predicted octanol–water partition coefficient (Wildman–Crippen LogP) is 2.98. The topological polar surface area (TPSA) is 96.2 Å². The number of benzene rings is 2. The van der Waals surface area contributed by atoms with Gasteiger partial charge in [0.05, 0.1) is 33.0 Å². The Morgan fingerprint density at radius 2 is 1.68 bits per heavy atom. The summed E-state index contributed by atoms with van der Waals surface area (Å²) in [6.45, 7) is 0. The number of fused-ring (bicyclic) bond motifs is 1. The van der Waals surface area contributed by atoms with Crippen LogP contribution in [0.25, 0.3) is 16.9 Å². The molecular formula is C19H18N6O3. The lowest BCUT2D eigenvalue weighted by Gasteiger charge is -2.14. The average molecular weight is 378 g/mol. The molecule has 142 valence electrons. The van der Waals surface area contributed by atoms with Crippen molar-refractivity contribution < 1.29 is 14.2 Å². The van der Waals surface area contributed by atoms with Crippen LogP contribution in [0.4, 0.5) is 11.6 Å². The van der Waals surface area contributed by atoms with Gasteiger partial charge >= 0.3 is 0 Å². The molecule has 2 aromatic heterocycles. The summed E-state index contributed by atoms with van der Waals surface area (Å²) in [5.41, 5.74) is 1.59. The Hall–Kier alpha value is -3.88. The lowest BCUT2D eigenvalue weighted by molar-refractivity contribution is 0.324. The summed E-state index contributed by atoms with van der Waals surface area (Å²) in [5.74, 6) is 2.33. The van der Waals surface area contributed by atoms with Crippen LogP contribution in [0.2, 0.25) is 0 Å². The Kier molecular flexibility index (Phi) is 4.63. The molecule has 0 radical (unpaired) electrons. The molecule has 0 aliphatic rings. The third-order valence-corrected chi connectivity index (χ3v) is 4.15. The molecule has 1 N–H and O–H groups in total. The number of methoxy groups -OCH3 is 3. The van der Waals surface area contributed by atoms with Gasteiger partial charge in [0, 0.05) is 23.2 Å². The maximum absolute atomic E-state index is 5.38. The highest BCUT2D eigenvalue weighted by Crippen LogP contribution is 2.40. The van der Waals surface area contributed by atoms with E-state index in [0.29, 0.717) is 34.8 Å². The van der Waals surface area contributed by atoms with Crippen molar-refractivity contribution in [3.05, 3.63) is 48.9 Å². The molecule has 2 heterocycles. The van der Waals surface area contributed by atoms with Crippen LogP contribution in [0.1, 0.15) is 0 Å². The fourth-order valence-corrected chi connectivity index (χ4v) is 2.86. The van der Waals surface area contributed by atoms with Gasteiger partial charge in [-0.25, -0.2) is 4.98 Å². The normalized spacial score (nSPS) is 10.7. The molecule has 2 aromatic carbocycles. The van der Waals surface area contributed by atoms with Gasteiger partial charge in [0.1, 0.15) is 6.33 Å². The second kappa shape index (κ2) is 7.39. The van der Waals surface area contributed by atoms with Crippen molar-refractivity contribution in [3.63, 3.8) is 0 Å². The van der Waals surface area contributed by atoms with Crippen LogP contribution in [0, 0.1) is 0 Å². The van der Waals surface area contributed by atoms with Crippen molar-refractivity contribution in [1.82, 2.24) is 24.7 Å². The quantitative estimate of drug-likeness (QED) is 0.547. The summed E-state index contributed by atoms with van der Waals surface area (Å²) < 4.78 is 17.8. The zero-order valence-corrected chi connectivity index (χ0v) is 15.6. The minimum atomic E-state index is 0.360. The minimum Gasteiger partial charge on any atom is -0.493 e. The maximum Gasteiger partial charge on any atom is 0.255 e. The second-order valence-electron chi connectivity index (χ2n) is 5.76. The molecular weight excluding hydrogens is 360 g/mol. The molecule has 28 heavy (non-hydrogen) atoms. The number of para-hydroxylation sites is 1. The summed E-state index contributed by atoms with van der Waals surface area (Å²) in [6, 6.07) is 11.4. The van der Waals surface area contributed by atoms with Gasteiger partial charge in [-0.05, 0) is 6.07 Å². The molecule has 0 fully saturated rings. The van der Waals surface area contributed by atoms with E-state index in [4.69, 9.17) is 14.2 Å². The fraction of sp³-hybridized carbons (Fsp3) is 0.158. The van der Waals surface area contributed by atoms with Crippen molar-refractivity contribution in [2.45, 2.75) is 0 Å². The molecule has 0 atom stereocenters. The van der Waals surface area contributed by atoms with Crippen molar-refractivity contribution in [2.24, 2.45) is 0 Å². The van der Waals surface area contributed by atoms with Gasteiger partial charge < -0.3 is 19.5 Å². The van der Waals surface area contributed by atoms with E-state index in [9.17, 15) is 0 Å². The van der Waals surface area contributed by atoms with Crippen LogP contribution in [0.15, 0.2) is 48.9 Å². The fourth-order valence-electron chi connectivity index (χ4n) is 2.86. The zero-order chi connectivity index (χ0) is 19.5. The van der Waals surface area contributed by atoms with Gasteiger partial charge in [-0.3, -0.25) is 0 Å². The number of hydrogen-bond donors (Lipinski definition) is 1. The second-order valence-corrected chi connectivity index (χ2v) is 5.76. The van der Waals surface area contributed by atoms with Crippen LogP contribution in [-0.4, -0.2) is 46.1 Å². The maximum atomic E-state index is 5.38. The largest absolute Gasteiger partial charge is 0.493 e. The monoisotopic (exact) mass is 378 g/mol. The van der Waals surface area contributed by atoms with Gasteiger partial charge in [0.25, 0.3) is 5.95 Å². The van der Waals surface area contributed by atoms with Crippen LogP contribution < -0.4 is 19.5 Å². The van der Waals surface area contributed by atoms with E-state index in [1.165, 1.54) is 6.33 Å². The Morgan fingerprint density at radius 1 is 0.929 bits per heavy atom. The van der Waals surface area contributed by atoms with Crippen LogP contribution in [-0.2, 0) is 0 Å². The van der Waals surface area contributed by atoms with Crippen molar-refractivity contribution in [3.8, 4) is 23.2 Å². The van der Waals surface area contributed by atoms with Gasteiger partial charge in [0.2, 0.25) is 11.7 Å². The van der Waals surface area contributed by atoms with Crippen molar-refractivity contribution >= 4 is 22.5 Å². The summed E-state index contributed by atoms with van der Waals surface area (Å²) in [6.07, 6.45) is 3.20. The molecule has 9 nitrogen and oxygen atoms in total. The molecule has 4 aromatic rings. The van der Waals surface area contributed by atoms with Gasteiger partial charge in [-0.15, -0.1) is 0 Å². The predicted molar refractivity (Wildman–Crippen MR) is 104 cm³/mol. The molecule has 0 aliphatic heterocycles.